The van der Waals surface area contributed by atoms with E-state index in [-0.39, 0.29) is 89.4 Å². The van der Waals surface area contributed by atoms with Gasteiger partial charge in [0.15, 0.2) is 0 Å². The number of aliphatic hydroxyl groups is 6. The smallest absolute Gasteiger partial charge is 0.333 e. The van der Waals surface area contributed by atoms with Gasteiger partial charge in [-0.15, -0.1) is 0 Å². The van der Waals surface area contributed by atoms with Gasteiger partial charge < -0.3 is 63.8 Å². The van der Waals surface area contributed by atoms with E-state index in [1.807, 2.05) is 0 Å². The van der Waals surface area contributed by atoms with Crippen LogP contribution in [0.1, 0.15) is 20.8 Å². The van der Waals surface area contributed by atoms with Crippen LogP contribution in [0.3, 0.4) is 0 Å². The van der Waals surface area contributed by atoms with Crippen LogP contribution in [0.15, 0.2) is 36.5 Å². The molecule has 16 nitrogen and oxygen atoms in total. The first-order valence-electron chi connectivity index (χ1n) is 14.7. The van der Waals surface area contributed by atoms with Crippen LogP contribution in [0.25, 0.3) is 0 Å². The maximum absolute atomic E-state index is 11.6. The molecule has 0 heterocycles. The third-order valence-electron chi connectivity index (χ3n) is 6.24. The molecule has 3 unspecified atom stereocenters. The molecule has 16 heteroatoms. The molecule has 0 rings (SSSR count). The molecule has 0 saturated heterocycles. The minimum absolute atomic E-state index is 0.149. The molecule has 0 saturated carbocycles. The number of carbonyl (C=O) groups is 3. The summed E-state index contributed by atoms with van der Waals surface area (Å²) >= 11 is 0. The summed E-state index contributed by atoms with van der Waals surface area (Å²) in [4.78, 5) is 34.6. The van der Waals surface area contributed by atoms with Gasteiger partial charge in [0.1, 0.15) is 38.1 Å². The minimum Gasteiger partial charge on any atom is -0.460 e. The maximum Gasteiger partial charge on any atom is 0.333 e. The van der Waals surface area contributed by atoms with Gasteiger partial charge in [-0.3, -0.25) is 0 Å². The Bertz CT molecular complexity index is 950. The Labute approximate surface area is 275 Å². The van der Waals surface area contributed by atoms with E-state index in [1.165, 1.54) is 20.8 Å². The van der Waals surface area contributed by atoms with Crippen molar-refractivity contribution in [3.05, 3.63) is 36.5 Å². The molecule has 47 heavy (non-hydrogen) atoms. The third-order valence-corrected chi connectivity index (χ3v) is 6.24. The zero-order valence-electron chi connectivity index (χ0n) is 27.5. The minimum atomic E-state index is -1.34. The van der Waals surface area contributed by atoms with Gasteiger partial charge in [-0.25, -0.2) is 14.4 Å². The number of aliphatic hydroxyl groups excluding tert-OH is 6. The molecule has 0 aromatic carbocycles. The molecule has 0 aromatic rings. The second-order valence-corrected chi connectivity index (χ2v) is 11.6. The van der Waals surface area contributed by atoms with E-state index >= 15 is 0 Å². The van der Waals surface area contributed by atoms with E-state index in [0.29, 0.717) is 0 Å². The quantitative estimate of drug-likeness (QED) is 0.0311. The van der Waals surface area contributed by atoms with Gasteiger partial charge in [0.05, 0.1) is 83.5 Å². The van der Waals surface area contributed by atoms with Crippen molar-refractivity contribution in [1.82, 2.24) is 0 Å². The Morgan fingerprint density at radius 1 is 0.489 bits per heavy atom. The van der Waals surface area contributed by atoms with Gasteiger partial charge in [0, 0.05) is 16.7 Å². The van der Waals surface area contributed by atoms with Gasteiger partial charge in [-0.2, -0.15) is 0 Å². The van der Waals surface area contributed by atoms with Crippen LogP contribution >= 0.6 is 0 Å². The topological polar surface area (TPSA) is 237 Å². The average molecular weight is 681 g/mol. The number of hydrogen-bond acceptors (Lipinski definition) is 16. The summed E-state index contributed by atoms with van der Waals surface area (Å²) in [5, 5.41) is 60.7. The molecule has 272 valence electrons. The van der Waals surface area contributed by atoms with Crippen LogP contribution in [0.5, 0.6) is 0 Å². The summed E-state index contributed by atoms with van der Waals surface area (Å²) in [6.45, 7) is 9.57. The molecule has 0 aliphatic carbocycles. The lowest BCUT2D eigenvalue weighted by Crippen LogP contribution is -2.45. The molecule has 0 aromatic heterocycles. The van der Waals surface area contributed by atoms with Crippen LogP contribution in [-0.2, 0) is 47.5 Å². The summed E-state index contributed by atoms with van der Waals surface area (Å²) in [6, 6.07) is 0. The first-order valence-corrected chi connectivity index (χ1v) is 14.7. The fourth-order valence-electron chi connectivity index (χ4n) is 3.28. The van der Waals surface area contributed by atoms with Crippen molar-refractivity contribution in [2.45, 2.75) is 39.1 Å². The summed E-state index contributed by atoms with van der Waals surface area (Å²) in [5.41, 5.74) is -2.19. The molecule has 6 N–H and O–H groups in total. The first-order chi connectivity index (χ1) is 22.1. The van der Waals surface area contributed by atoms with Crippen molar-refractivity contribution < 1.29 is 78.2 Å². The highest BCUT2D eigenvalue weighted by Gasteiger charge is 2.35. The van der Waals surface area contributed by atoms with Gasteiger partial charge in [0.2, 0.25) is 0 Å². The fraction of sp³-hybridized carbons (Fsp3) is 0.710. The van der Waals surface area contributed by atoms with Gasteiger partial charge in [-0.1, -0.05) is 19.7 Å². The number of ether oxygens (including phenoxy) is 7. The van der Waals surface area contributed by atoms with Gasteiger partial charge >= 0.3 is 17.9 Å². The fourth-order valence-corrected chi connectivity index (χ4v) is 3.28. The van der Waals surface area contributed by atoms with Crippen molar-refractivity contribution in [2.75, 3.05) is 92.5 Å². The highest BCUT2D eigenvalue weighted by molar-refractivity contribution is 5.87. The second kappa shape index (κ2) is 23.5. The zero-order valence-corrected chi connectivity index (χ0v) is 27.5. The SMILES string of the molecule is C=C(C)C(=O)OCC(O)COCC(CO)(CO)COCC(CO)(COCC(O)COC(=O)C(=C)C)COCC(O)COC(=O)C(=C)C. The number of hydrogen-bond donors (Lipinski definition) is 6. The Balaban J connectivity index is 5.31. The van der Waals surface area contributed by atoms with Crippen molar-refractivity contribution in [3.8, 4) is 0 Å². The predicted molar refractivity (Wildman–Crippen MR) is 165 cm³/mol. The molecule has 3 atom stereocenters. The number of rotatable bonds is 28. The Morgan fingerprint density at radius 2 is 0.745 bits per heavy atom. The Hall–Kier alpha value is -2.77. The molecule has 0 radical (unpaired) electrons. The van der Waals surface area contributed by atoms with E-state index in [1.54, 1.807) is 0 Å². The standard InChI is InChI=1S/C31H52O16/c1-21(2)27(38)45-10-24(35)7-41-16-30(13-32,14-33)17-44-20-31(15-34,18-42-8-25(36)11-46-28(39)22(3)4)19-43-9-26(37)12-47-29(40)23(5)6/h24-26,32-37H,1,3,5,7-20H2,2,4,6H3. The molecular weight excluding hydrogens is 628 g/mol. The first kappa shape index (κ1) is 44.2. The lowest BCUT2D eigenvalue weighted by molar-refractivity contribution is -0.149. The van der Waals surface area contributed by atoms with Crippen LogP contribution in [0, 0.1) is 10.8 Å². The normalized spacial score (nSPS) is 14.7. The lowest BCUT2D eigenvalue weighted by Gasteiger charge is -2.35. The van der Waals surface area contributed by atoms with Gasteiger partial charge in [0.25, 0.3) is 0 Å². The summed E-state index contributed by atoms with van der Waals surface area (Å²) in [6.07, 6.45) is -3.62. The van der Waals surface area contributed by atoms with Crippen molar-refractivity contribution in [2.24, 2.45) is 10.8 Å². The average Bonchev–Trinajstić information content (AvgIpc) is 3.03. The summed E-state index contributed by atoms with van der Waals surface area (Å²) < 4.78 is 37.0. The molecule has 0 aliphatic rings. The summed E-state index contributed by atoms with van der Waals surface area (Å²) in [5.74, 6) is -2.06. The van der Waals surface area contributed by atoms with E-state index < -0.39 is 66.9 Å². The highest BCUT2D eigenvalue weighted by Crippen LogP contribution is 2.23. The van der Waals surface area contributed by atoms with E-state index in [0.717, 1.165) is 0 Å². The molecule has 0 fully saturated rings. The van der Waals surface area contributed by atoms with Crippen LogP contribution < -0.4 is 0 Å². The van der Waals surface area contributed by atoms with Gasteiger partial charge in [-0.05, 0) is 20.8 Å². The molecule has 0 aliphatic heterocycles. The van der Waals surface area contributed by atoms with Crippen LogP contribution in [0.2, 0.25) is 0 Å². The highest BCUT2D eigenvalue weighted by atomic mass is 16.6. The monoisotopic (exact) mass is 680 g/mol. The number of esters is 3. The third kappa shape index (κ3) is 19.0. The van der Waals surface area contributed by atoms with Crippen LogP contribution in [-0.4, -0.2) is 159 Å². The lowest BCUT2D eigenvalue weighted by atomic mass is 9.90. The largest absolute Gasteiger partial charge is 0.460 e. The van der Waals surface area contributed by atoms with Crippen LogP contribution in [0.4, 0.5) is 0 Å². The second-order valence-electron chi connectivity index (χ2n) is 11.6. The molecule has 0 amide bonds. The maximum atomic E-state index is 11.6. The zero-order chi connectivity index (χ0) is 36.0. The van der Waals surface area contributed by atoms with Crippen molar-refractivity contribution >= 4 is 17.9 Å². The summed E-state index contributed by atoms with van der Waals surface area (Å²) in [7, 11) is 0. The molecule has 0 spiro atoms. The van der Waals surface area contributed by atoms with Crippen molar-refractivity contribution in [3.63, 3.8) is 0 Å². The Kier molecular flexibility index (Phi) is 22.2. The molecule has 0 bridgehead atoms. The predicted octanol–water partition coefficient (Wildman–Crippen LogP) is -1.56. The molecular formula is C31H52O16. The Morgan fingerprint density at radius 3 is 1.02 bits per heavy atom. The van der Waals surface area contributed by atoms with E-state index in [9.17, 15) is 45.0 Å². The number of carbonyl (C=O) groups excluding carboxylic acids is 3. The van der Waals surface area contributed by atoms with Crippen molar-refractivity contribution in [1.29, 1.82) is 0 Å². The van der Waals surface area contributed by atoms with E-state index in [4.69, 9.17) is 33.2 Å². The van der Waals surface area contributed by atoms with E-state index in [2.05, 4.69) is 19.7 Å².